The van der Waals surface area contributed by atoms with E-state index in [1.165, 1.54) is 24.6 Å². The highest BCUT2D eigenvalue weighted by Gasteiger charge is 2.23. The van der Waals surface area contributed by atoms with Gasteiger partial charge < -0.3 is 4.43 Å². The molecule has 0 rings (SSSR count). The number of unbranched alkanes of at least 4 members (excludes halogenated alkanes) is 1. The second-order valence-electron chi connectivity index (χ2n) is 5.67. The van der Waals surface area contributed by atoms with Gasteiger partial charge in [0.05, 0.1) is 0 Å². The van der Waals surface area contributed by atoms with Gasteiger partial charge in [-0.3, -0.25) is 0 Å². The molecule has 0 aliphatic heterocycles. The third-order valence-corrected chi connectivity index (χ3v) is 9.52. The first-order chi connectivity index (χ1) is 6.77. The van der Waals surface area contributed by atoms with Crippen molar-refractivity contribution in [1.29, 1.82) is 0 Å². The van der Waals surface area contributed by atoms with Gasteiger partial charge in [0, 0.05) is 6.61 Å². The molecule has 0 aliphatic rings. The van der Waals surface area contributed by atoms with Gasteiger partial charge in [-0.25, -0.2) is 0 Å². The van der Waals surface area contributed by atoms with Crippen molar-refractivity contribution in [3.63, 3.8) is 0 Å². The second-order valence-corrected chi connectivity index (χ2v) is 19.4. The van der Waals surface area contributed by atoms with E-state index in [9.17, 15) is 0 Å². The molecule has 0 bridgehead atoms. The molecule has 0 N–H and O–H groups in total. The smallest absolute Gasteiger partial charge is 0.187 e. The molecule has 1 nitrogen and oxygen atoms in total. The largest absolute Gasteiger partial charge is 0.417 e. The van der Waals surface area contributed by atoms with Crippen LogP contribution in [-0.4, -0.2) is 27.9 Å². The molecule has 0 unspecified atom stereocenters. The lowest BCUT2D eigenvalue weighted by molar-refractivity contribution is 0.300. The van der Waals surface area contributed by atoms with Crippen LogP contribution in [-0.2, 0) is 4.43 Å². The standard InChI is InChI=1S/C11H28OSSi2/c1-7-8-9-12-15(5,6)11-10-13-14(2,3)4/h7-11H2,1-6H3. The molecule has 0 heterocycles. The summed E-state index contributed by atoms with van der Waals surface area (Å²) in [7, 11) is -2.25. The first kappa shape index (κ1) is 15.7. The molecule has 0 spiro atoms. The molecule has 0 atom stereocenters. The van der Waals surface area contributed by atoms with Crippen LogP contribution in [0.25, 0.3) is 0 Å². The van der Waals surface area contributed by atoms with E-state index >= 15 is 0 Å². The average Bonchev–Trinajstić information content (AvgIpc) is 2.01. The van der Waals surface area contributed by atoms with Gasteiger partial charge in [-0.1, -0.05) is 33.0 Å². The molecule has 92 valence electrons. The minimum atomic E-state index is -1.34. The van der Waals surface area contributed by atoms with Crippen LogP contribution in [0.15, 0.2) is 0 Å². The monoisotopic (exact) mass is 264 g/mol. The van der Waals surface area contributed by atoms with Crippen molar-refractivity contribution in [2.75, 3.05) is 12.4 Å². The van der Waals surface area contributed by atoms with E-state index in [0.717, 1.165) is 6.61 Å². The van der Waals surface area contributed by atoms with Crippen molar-refractivity contribution >= 4 is 26.8 Å². The molecule has 0 aromatic heterocycles. The highest BCUT2D eigenvalue weighted by molar-refractivity contribution is 8.28. The second kappa shape index (κ2) is 7.14. The Morgan fingerprint density at radius 2 is 1.67 bits per heavy atom. The molecular formula is C11H28OSSi2. The Hall–Kier alpha value is 0.744. The Labute approximate surface area is 102 Å². The predicted octanol–water partition coefficient (Wildman–Crippen LogP) is 4.58. The van der Waals surface area contributed by atoms with Gasteiger partial charge in [-0.2, -0.15) is 11.2 Å². The summed E-state index contributed by atoms with van der Waals surface area (Å²) < 4.78 is 6.03. The third kappa shape index (κ3) is 11.0. The zero-order valence-corrected chi connectivity index (χ0v) is 14.2. The summed E-state index contributed by atoms with van der Waals surface area (Å²) in [5.41, 5.74) is 0. The van der Waals surface area contributed by atoms with E-state index in [-0.39, 0.29) is 0 Å². The average molecular weight is 265 g/mol. The maximum Gasteiger partial charge on any atom is 0.187 e. The molecule has 0 aliphatic carbocycles. The molecule has 0 radical (unpaired) electrons. The molecule has 0 amide bonds. The summed E-state index contributed by atoms with van der Waals surface area (Å²) in [4.78, 5) is 0. The molecule has 0 aromatic carbocycles. The number of hydrogen-bond donors (Lipinski definition) is 0. The molecule has 0 fully saturated rings. The normalized spacial score (nSPS) is 13.2. The lowest BCUT2D eigenvalue weighted by Gasteiger charge is -2.24. The van der Waals surface area contributed by atoms with E-state index in [1.54, 1.807) is 0 Å². The Kier molecular flexibility index (Phi) is 7.50. The first-order valence-corrected chi connectivity index (χ1v) is 14.4. The van der Waals surface area contributed by atoms with Crippen LogP contribution < -0.4 is 0 Å². The molecule has 15 heavy (non-hydrogen) atoms. The maximum absolute atomic E-state index is 6.03. The van der Waals surface area contributed by atoms with Crippen molar-refractivity contribution in [2.45, 2.75) is 58.5 Å². The SMILES string of the molecule is CCCCO[Si](C)(C)CCS[Si](C)(C)C. The van der Waals surface area contributed by atoms with Crippen molar-refractivity contribution in [1.82, 2.24) is 0 Å². The Bertz CT molecular complexity index is 166. The summed E-state index contributed by atoms with van der Waals surface area (Å²) in [6, 6.07) is 1.31. The first-order valence-electron chi connectivity index (χ1n) is 6.05. The third-order valence-electron chi connectivity index (χ3n) is 2.23. The van der Waals surface area contributed by atoms with Crippen LogP contribution >= 0.6 is 11.2 Å². The summed E-state index contributed by atoms with van der Waals surface area (Å²) in [5.74, 6) is 1.31. The van der Waals surface area contributed by atoms with Gasteiger partial charge in [0.15, 0.2) is 8.32 Å². The number of hydrogen-bond acceptors (Lipinski definition) is 2. The Morgan fingerprint density at radius 1 is 1.07 bits per heavy atom. The Balaban J connectivity index is 3.64. The predicted molar refractivity (Wildman–Crippen MR) is 79.0 cm³/mol. The zero-order valence-electron chi connectivity index (χ0n) is 11.4. The quantitative estimate of drug-likeness (QED) is 0.469. The van der Waals surface area contributed by atoms with Gasteiger partial charge in [-0.15, -0.1) is 0 Å². The summed E-state index contributed by atoms with van der Waals surface area (Å²) >= 11 is 2.19. The summed E-state index contributed by atoms with van der Waals surface area (Å²) in [6.45, 7) is 15.2. The minimum Gasteiger partial charge on any atom is -0.417 e. The Morgan fingerprint density at radius 3 is 2.13 bits per heavy atom. The molecule has 0 saturated carbocycles. The summed E-state index contributed by atoms with van der Waals surface area (Å²) in [5, 5.41) is 0. The van der Waals surface area contributed by atoms with E-state index < -0.39 is 15.5 Å². The fourth-order valence-electron chi connectivity index (χ4n) is 1.17. The molecule has 4 heteroatoms. The molecule has 0 saturated heterocycles. The molecule has 0 aromatic rings. The van der Waals surface area contributed by atoms with Gasteiger partial charge >= 0.3 is 0 Å². The summed E-state index contributed by atoms with van der Waals surface area (Å²) in [6.07, 6.45) is 2.46. The minimum absolute atomic E-state index is 0.912. The van der Waals surface area contributed by atoms with Crippen LogP contribution in [0, 0.1) is 0 Å². The van der Waals surface area contributed by atoms with Crippen LogP contribution in [0.4, 0.5) is 0 Å². The van der Waals surface area contributed by atoms with Crippen LogP contribution in [0.5, 0.6) is 0 Å². The van der Waals surface area contributed by atoms with E-state index in [1.807, 2.05) is 0 Å². The van der Waals surface area contributed by atoms with E-state index in [4.69, 9.17) is 4.43 Å². The maximum atomic E-state index is 6.03. The molecular weight excluding hydrogens is 236 g/mol. The van der Waals surface area contributed by atoms with Crippen LogP contribution in [0.2, 0.25) is 38.8 Å². The number of rotatable bonds is 8. The van der Waals surface area contributed by atoms with Crippen molar-refractivity contribution < 1.29 is 4.43 Å². The topological polar surface area (TPSA) is 9.23 Å². The van der Waals surface area contributed by atoms with Crippen molar-refractivity contribution in [2.24, 2.45) is 0 Å². The van der Waals surface area contributed by atoms with Gasteiger partial charge in [-0.05, 0) is 31.3 Å². The fourth-order valence-corrected chi connectivity index (χ4v) is 7.75. The van der Waals surface area contributed by atoms with E-state index in [0.29, 0.717) is 0 Å². The highest BCUT2D eigenvalue weighted by Crippen LogP contribution is 2.23. The zero-order chi connectivity index (χ0) is 11.9. The van der Waals surface area contributed by atoms with Crippen molar-refractivity contribution in [3.05, 3.63) is 0 Å². The van der Waals surface area contributed by atoms with Gasteiger partial charge in [0.1, 0.15) is 7.22 Å². The lowest BCUT2D eigenvalue weighted by atomic mass is 10.4. The van der Waals surface area contributed by atoms with E-state index in [2.05, 4.69) is 50.9 Å². The van der Waals surface area contributed by atoms with Crippen LogP contribution in [0.1, 0.15) is 19.8 Å². The van der Waals surface area contributed by atoms with Crippen molar-refractivity contribution in [3.8, 4) is 0 Å². The lowest BCUT2D eigenvalue weighted by Crippen LogP contribution is -2.32. The highest BCUT2D eigenvalue weighted by atomic mass is 32.4. The fraction of sp³-hybridized carbons (Fsp3) is 1.00. The van der Waals surface area contributed by atoms with Crippen LogP contribution in [0.3, 0.4) is 0 Å². The van der Waals surface area contributed by atoms with Gasteiger partial charge in [0.2, 0.25) is 0 Å². The van der Waals surface area contributed by atoms with Gasteiger partial charge in [0.25, 0.3) is 0 Å².